The Labute approximate surface area is 105 Å². The topological polar surface area (TPSA) is 70.4 Å². The van der Waals surface area contributed by atoms with Crippen LogP contribution in [0.3, 0.4) is 0 Å². The van der Waals surface area contributed by atoms with Crippen molar-refractivity contribution in [2.75, 3.05) is 13.7 Å². The van der Waals surface area contributed by atoms with Crippen molar-refractivity contribution < 1.29 is 13.9 Å². The fraction of sp³-hybridized carbons (Fsp3) is 0.308. The minimum Gasteiger partial charge on any atom is -0.463 e. The van der Waals surface area contributed by atoms with Crippen molar-refractivity contribution >= 4 is 5.91 Å². The van der Waals surface area contributed by atoms with Gasteiger partial charge < -0.3 is 19.5 Å². The number of rotatable bonds is 5. The van der Waals surface area contributed by atoms with Crippen LogP contribution in [-0.2, 0) is 11.3 Å². The van der Waals surface area contributed by atoms with Crippen molar-refractivity contribution in [1.29, 1.82) is 0 Å². The van der Waals surface area contributed by atoms with Gasteiger partial charge in [0.05, 0.1) is 24.1 Å². The second kappa shape index (κ2) is 5.10. The highest BCUT2D eigenvalue weighted by molar-refractivity contribution is 5.95. The van der Waals surface area contributed by atoms with E-state index in [0.717, 1.165) is 11.4 Å². The molecule has 2 N–H and O–H groups in total. The SMILES string of the molecule is COCCn1c(-c2ccco2)cc(C(N)=O)c1C. The molecular weight excluding hydrogens is 232 g/mol. The quantitative estimate of drug-likeness (QED) is 0.877. The number of hydrogen-bond acceptors (Lipinski definition) is 3. The zero-order chi connectivity index (χ0) is 13.1. The summed E-state index contributed by atoms with van der Waals surface area (Å²) < 4.78 is 12.4. The Morgan fingerprint density at radius 1 is 1.56 bits per heavy atom. The molecule has 2 aromatic heterocycles. The summed E-state index contributed by atoms with van der Waals surface area (Å²) >= 11 is 0. The molecular formula is C13H16N2O3. The van der Waals surface area contributed by atoms with Gasteiger partial charge in [-0.15, -0.1) is 0 Å². The van der Waals surface area contributed by atoms with Crippen LogP contribution in [-0.4, -0.2) is 24.2 Å². The summed E-state index contributed by atoms with van der Waals surface area (Å²) in [4.78, 5) is 11.4. The van der Waals surface area contributed by atoms with E-state index in [2.05, 4.69) is 0 Å². The molecule has 0 spiro atoms. The Bertz CT molecular complexity index is 541. The van der Waals surface area contributed by atoms with E-state index < -0.39 is 5.91 Å². The lowest BCUT2D eigenvalue weighted by atomic mass is 10.2. The summed E-state index contributed by atoms with van der Waals surface area (Å²) in [5.41, 5.74) is 7.54. The van der Waals surface area contributed by atoms with Crippen LogP contribution in [0.4, 0.5) is 0 Å². The van der Waals surface area contributed by atoms with Gasteiger partial charge in [-0.2, -0.15) is 0 Å². The first-order chi connectivity index (χ1) is 8.65. The average Bonchev–Trinajstić information content (AvgIpc) is 2.94. The Morgan fingerprint density at radius 3 is 2.89 bits per heavy atom. The van der Waals surface area contributed by atoms with Crippen LogP contribution in [0.25, 0.3) is 11.5 Å². The summed E-state index contributed by atoms with van der Waals surface area (Å²) in [5.74, 6) is 0.276. The molecule has 0 radical (unpaired) electrons. The predicted octanol–water partition coefficient (Wildman–Crippen LogP) is 1.80. The number of furan rings is 1. The van der Waals surface area contributed by atoms with E-state index in [1.54, 1.807) is 19.4 Å². The molecule has 0 saturated carbocycles. The maximum absolute atomic E-state index is 11.4. The minimum absolute atomic E-state index is 0.434. The van der Waals surface area contributed by atoms with Crippen molar-refractivity contribution in [1.82, 2.24) is 4.57 Å². The van der Waals surface area contributed by atoms with Gasteiger partial charge in [-0.05, 0) is 25.1 Å². The van der Waals surface area contributed by atoms with Gasteiger partial charge in [0.1, 0.15) is 5.76 Å². The average molecular weight is 248 g/mol. The van der Waals surface area contributed by atoms with Crippen molar-refractivity contribution in [2.24, 2.45) is 5.73 Å². The first-order valence-electron chi connectivity index (χ1n) is 5.68. The number of carbonyl (C=O) groups is 1. The number of primary amides is 1. The van der Waals surface area contributed by atoms with Crippen LogP contribution < -0.4 is 5.73 Å². The van der Waals surface area contributed by atoms with Crippen molar-refractivity contribution in [3.05, 3.63) is 35.7 Å². The minimum atomic E-state index is -0.434. The van der Waals surface area contributed by atoms with Gasteiger partial charge in [-0.1, -0.05) is 0 Å². The van der Waals surface area contributed by atoms with E-state index >= 15 is 0 Å². The molecule has 0 aliphatic heterocycles. The highest BCUT2D eigenvalue weighted by Gasteiger charge is 2.17. The number of amides is 1. The number of aromatic nitrogens is 1. The molecule has 96 valence electrons. The van der Waals surface area contributed by atoms with Gasteiger partial charge >= 0.3 is 0 Å². The Balaban J connectivity index is 2.49. The van der Waals surface area contributed by atoms with E-state index in [0.29, 0.717) is 24.5 Å². The van der Waals surface area contributed by atoms with Crippen LogP contribution in [0.15, 0.2) is 28.9 Å². The highest BCUT2D eigenvalue weighted by atomic mass is 16.5. The van der Waals surface area contributed by atoms with Crippen LogP contribution in [0.5, 0.6) is 0 Å². The third-order valence-electron chi connectivity index (χ3n) is 2.92. The summed E-state index contributed by atoms with van der Waals surface area (Å²) in [6, 6.07) is 5.41. The number of hydrogen-bond donors (Lipinski definition) is 1. The van der Waals surface area contributed by atoms with E-state index in [1.807, 2.05) is 23.6 Å². The Morgan fingerprint density at radius 2 is 2.33 bits per heavy atom. The molecule has 5 nitrogen and oxygen atoms in total. The molecule has 0 atom stereocenters. The fourth-order valence-electron chi connectivity index (χ4n) is 1.99. The zero-order valence-corrected chi connectivity index (χ0v) is 10.5. The van der Waals surface area contributed by atoms with Crippen LogP contribution >= 0.6 is 0 Å². The molecule has 18 heavy (non-hydrogen) atoms. The molecule has 2 rings (SSSR count). The van der Waals surface area contributed by atoms with E-state index in [-0.39, 0.29) is 0 Å². The molecule has 5 heteroatoms. The Kier molecular flexibility index (Phi) is 3.53. The largest absolute Gasteiger partial charge is 0.463 e. The van der Waals surface area contributed by atoms with Crippen molar-refractivity contribution in [3.63, 3.8) is 0 Å². The van der Waals surface area contributed by atoms with Gasteiger partial charge in [0.25, 0.3) is 5.91 Å². The van der Waals surface area contributed by atoms with Gasteiger partial charge in [-0.3, -0.25) is 4.79 Å². The van der Waals surface area contributed by atoms with Crippen LogP contribution in [0, 0.1) is 6.92 Å². The van der Waals surface area contributed by atoms with Crippen molar-refractivity contribution in [2.45, 2.75) is 13.5 Å². The standard InChI is InChI=1S/C13H16N2O3/c1-9-10(13(14)16)8-11(12-4-3-6-18-12)15(9)5-7-17-2/h3-4,6,8H,5,7H2,1-2H3,(H2,14,16). The van der Waals surface area contributed by atoms with E-state index in [4.69, 9.17) is 14.9 Å². The highest BCUT2D eigenvalue weighted by Crippen LogP contribution is 2.26. The molecule has 0 aliphatic rings. The maximum Gasteiger partial charge on any atom is 0.250 e. The van der Waals surface area contributed by atoms with E-state index in [9.17, 15) is 4.79 Å². The molecule has 0 fully saturated rings. The predicted molar refractivity (Wildman–Crippen MR) is 67.3 cm³/mol. The van der Waals surface area contributed by atoms with E-state index in [1.165, 1.54) is 0 Å². The monoisotopic (exact) mass is 248 g/mol. The van der Waals surface area contributed by atoms with Gasteiger partial charge in [0.15, 0.2) is 0 Å². The first-order valence-corrected chi connectivity index (χ1v) is 5.68. The second-order valence-electron chi connectivity index (χ2n) is 4.01. The summed E-state index contributed by atoms with van der Waals surface area (Å²) in [6.45, 7) is 3.06. The summed E-state index contributed by atoms with van der Waals surface area (Å²) in [7, 11) is 1.64. The molecule has 0 aliphatic carbocycles. The summed E-state index contributed by atoms with van der Waals surface area (Å²) in [6.07, 6.45) is 1.60. The van der Waals surface area contributed by atoms with Crippen molar-refractivity contribution in [3.8, 4) is 11.5 Å². The smallest absolute Gasteiger partial charge is 0.250 e. The van der Waals surface area contributed by atoms with Gasteiger partial charge in [-0.25, -0.2) is 0 Å². The lowest BCUT2D eigenvalue weighted by molar-refractivity contribution is 0.0999. The molecule has 0 unspecified atom stereocenters. The number of methoxy groups -OCH3 is 1. The summed E-state index contributed by atoms with van der Waals surface area (Å²) in [5, 5.41) is 0. The van der Waals surface area contributed by atoms with Crippen LogP contribution in [0.2, 0.25) is 0 Å². The number of nitrogens with zero attached hydrogens (tertiary/aromatic N) is 1. The molecule has 0 saturated heterocycles. The maximum atomic E-state index is 11.4. The lowest BCUT2D eigenvalue weighted by Crippen LogP contribution is -2.13. The molecule has 0 bridgehead atoms. The molecule has 1 amide bonds. The van der Waals surface area contributed by atoms with Gasteiger partial charge in [0.2, 0.25) is 0 Å². The molecule has 0 aromatic carbocycles. The fourth-order valence-corrected chi connectivity index (χ4v) is 1.99. The molecule has 2 heterocycles. The number of nitrogens with two attached hydrogens (primary N) is 1. The third-order valence-corrected chi connectivity index (χ3v) is 2.92. The second-order valence-corrected chi connectivity index (χ2v) is 4.01. The number of ether oxygens (including phenoxy) is 1. The third kappa shape index (κ3) is 2.17. The lowest BCUT2D eigenvalue weighted by Gasteiger charge is -2.09. The van der Waals surface area contributed by atoms with Crippen LogP contribution in [0.1, 0.15) is 16.1 Å². The Hall–Kier alpha value is -2.01. The first kappa shape index (κ1) is 12.4. The molecule has 2 aromatic rings. The zero-order valence-electron chi connectivity index (χ0n) is 10.5. The number of carbonyl (C=O) groups excluding carboxylic acids is 1. The normalized spacial score (nSPS) is 10.8. The van der Waals surface area contributed by atoms with Gasteiger partial charge in [0, 0.05) is 19.3 Å².